The molecule has 0 radical (unpaired) electrons. The van der Waals surface area contributed by atoms with E-state index < -0.39 is 0 Å². The topological polar surface area (TPSA) is 26.8 Å². The molecule has 0 fully saturated rings. The number of rotatable bonds is 7. The van der Waals surface area contributed by atoms with Crippen LogP contribution in [-0.2, 0) is 11.3 Å². The summed E-state index contributed by atoms with van der Waals surface area (Å²) in [4.78, 5) is 19.7. The van der Waals surface area contributed by atoms with E-state index in [0.717, 1.165) is 11.3 Å². The highest BCUT2D eigenvalue weighted by Gasteiger charge is 2.18. The Hall–Kier alpha value is -1.85. The van der Waals surface area contributed by atoms with Crippen molar-refractivity contribution in [3.05, 3.63) is 52.2 Å². The monoisotopic (exact) mass is 345 g/mol. The summed E-state index contributed by atoms with van der Waals surface area (Å²) in [5.74, 6) is 0.137. The number of hydrogen-bond donors (Lipinski definition) is 0. The number of carbonyl (C=O) groups is 1. The lowest BCUT2D eigenvalue weighted by Crippen LogP contribution is -2.37. The van der Waals surface area contributed by atoms with E-state index in [-0.39, 0.29) is 11.9 Å². The fourth-order valence-electron chi connectivity index (χ4n) is 2.48. The van der Waals surface area contributed by atoms with Gasteiger partial charge in [-0.25, -0.2) is 0 Å². The Bertz CT molecular complexity index is 637. The molecule has 1 atom stereocenters. The van der Waals surface area contributed by atoms with Crippen LogP contribution in [0.2, 0.25) is 0 Å². The summed E-state index contributed by atoms with van der Waals surface area (Å²) in [6, 6.07) is 12.7. The van der Waals surface area contributed by atoms with E-state index in [2.05, 4.69) is 58.5 Å². The van der Waals surface area contributed by atoms with Crippen molar-refractivity contribution in [1.82, 2.24) is 9.80 Å². The third-order valence-electron chi connectivity index (χ3n) is 4.30. The van der Waals surface area contributed by atoms with Crippen LogP contribution in [-0.4, -0.2) is 50.4 Å². The molecular weight excluding hydrogens is 318 g/mol. The number of benzene rings is 1. The minimum Gasteiger partial charge on any atom is -0.378 e. The molecule has 1 heterocycles. The lowest BCUT2D eigenvalue weighted by Gasteiger charge is -2.26. The maximum Gasteiger partial charge on any atom is 0.236 e. The van der Waals surface area contributed by atoms with Gasteiger partial charge in [0.15, 0.2) is 0 Å². The molecule has 5 heteroatoms. The molecule has 1 amide bonds. The SMILES string of the molecule is CC(c1cccs1)N(C)CC(=O)N(C)Cc1ccc(N(C)C)cc1. The molecule has 1 unspecified atom stereocenters. The van der Waals surface area contributed by atoms with Gasteiger partial charge in [0, 0.05) is 44.3 Å². The van der Waals surface area contributed by atoms with Crippen LogP contribution in [0.3, 0.4) is 0 Å². The van der Waals surface area contributed by atoms with E-state index in [1.54, 1.807) is 16.2 Å². The second-order valence-corrected chi connectivity index (χ2v) is 7.40. The number of nitrogens with zero attached hydrogens (tertiary/aromatic N) is 3. The van der Waals surface area contributed by atoms with Crippen molar-refractivity contribution in [2.24, 2.45) is 0 Å². The molecule has 0 saturated heterocycles. The summed E-state index contributed by atoms with van der Waals surface area (Å²) < 4.78 is 0. The summed E-state index contributed by atoms with van der Waals surface area (Å²) in [6.07, 6.45) is 0. The van der Waals surface area contributed by atoms with E-state index in [1.165, 1.54) is 4.88 Å². The van der Waals surface area contributed by atoms with Crippen LogP contribution in [0.15, 0.2) is 41.8 Å². The number of hydrogen-bond acceptors (Lipinski definition) is 4. The van der Waals surface area contributed by atoms with Crippen LogP contribution in [0.25, 0.3) is 0 Å². The van der Waals surface area contributed by atoms with Crippen LogP contribution >= 0.6 is 11.3 Å². The molecular formula is C19H27N3OS. The van der Waals surface area contributed by atoms with Crippen LogP contribution in [0.1, 0.15) is 23.4 Å². The first-order chi connectivity index (χ1) is 11.4. The molecule has 4 nitrogen and oxygen atoms in total. The van der Waals surface area contributed by atoms with E-state index >= 15 is 0 Å². The maximum atomic E-state index is 12.5. The van der Waals surface area contributed by atoms with Gasteiger partial charge in [0.1, 0.15) is 0 Å². The highest BCUT2D eigenvalue weighted by Crippen LogP contribution is 2.23. The Morgan fingerprint density at radius 3 is 2.29 bits per heavy atom. The Morgan fingerprint density at radius 2 is 1.75 bits per heavy atom. The summed E-state index contributed by atoms with van der Waals surface area (Å²) in [5.41, 5.74) is 2.31. The summed E-state index contributed by atoms with van der Waals surface area (Å²) in [5, 5.41) is 2.07. The van der Waals surface area contributed by atoms with E-state index in [4.69, 9.17) is 0 Å². The third-order valence-corrected chi connectivity index (χ3v) is 5.34. The van der Waals surface area contributed by atoms with Crippen molar-refractivity contribution in [1.29, 1.82) is 0 Å². The first-order valence-corrected chi connectivity index (χ1v) is 9.00. The molecule has 0 aliphatic heterocycles. The van der Waals surface area contributed by atoms with Gasteiger partial charge in [-0.05, 0) is 43.1 Å². The Balaban J connectivity index is 1.89. The summed E-state index contributed by atoms with van der Waals surface area (Å²) in [6.45, 7) is 3.19. The van der Waals surface area contributed by atoms with Gasteiger partial charge in [-0.15, -0.1) is 11.3 Å². The molecule has 0 N–H and O–H groups in total. The molecule has 2 rings (SSSR count). The molecule has 2 aromatic rings. The molecule has 0 saturated carbocycles. The Kier molecular flexibility index (Phi) is 6.40. The second-order valence-electron chi connectivity index (χ2n) is 6.42. The Labute approximate surface area is 149 Å². The van der Waals surface area contributed by atoms with Crippen molar-refractivity contribution < 1.29 is 4.79 Å². The molecule has 24 heavy (non-hydrogen) atoms. The van der Waals surface area contributed by atoms with Crippen molar-refractivity contribution in [2.45, 2.75) is 19.5 Å². The highest BCUT2D eigenvalue weighted by molar-refractivity contribution is 7.10. The van der Waals surface area contributed by atoms with Gasteiger partial charge in [0.2, 0.25) is 5.91 Å². The number of carbonyl (C=O) groups excluding carboxylic acids is 1. The molecule has 0 aliphatic carbocycles. The zero-order valence-electron chi connectivity index (χ0n) is 15.2. The predicted octanol–water partition coefficient (Wildman–Crippen LogP) is 3.47. The quantitative estimate of drug-likeness (QED) is 0.769. The van der Waals surface area contributed by atoms with Crippen LogP contribution in [0.5, 0.6) is 0 Å². The van der Waals surface area contributed by atoms with E-state index in [9.17, 15) is 4.79 Å². The zero-order valence-corrected chi connectivity index (χ0v) is 16.0. The normalized spacial score (nSPS) is 12.2. The smallest absolute Gasteiger partial charge is 0.236 e. The average Bonchev–Trinajstić information content (AvgIpc) is 3.08. The van der Waals surface area contributed by atoms with Gasteiger partial charge in [-0.3, -0.25) is 9.69 Å². The first kappa shape index (κ1) is 18.5. The molecule has 1 aromatic carbocycles. The van der Waals surface area contributed by atoms with Gasteiger partial charge in [0.25, 0.3) is 0 Å². The van der Waals surface area contributed by atoms with Gasteiger partial charge in [0.05, 0.1) is 6.54 Å². The second kappa shape index (κ2) is 8.31. The molecule has 0 bridgehead atoms. The molecule has 0 aliphatic rings. The lowest BCUT2D eigenvalue weighted by molar-refractivity contribution is -0.131. The fourth-order valence-corrected chi connectivity index (χ4v) is 3.33. The minimum absolute atomic E-state index is 0.137. The lowest BCUT2D eigenvalue weighted by atomic mass is 10.2. The molecule has 130 valence electrons. The standard InChI is InChI=1S/C19H27N3OS/c1-15(18-7-6-12-24-18)21(4)14-19(23)22(5)13-16-8-10-17(11-9-16)20(2)3/h6-12,15H,13-14H2,1-5H3. The third kappa shape index (κ3) is 4.82. The average molecular weight is 346 g/mol. The number of amides is 1. The zero-order chi connectivity index (χ0) is 17.7. The van der Waals surface area contributed by atoms with Crippen LogP contribution in [0, 0.1) is 0 Å². The number of thiophene rings is 1. The van der Waals surface area contributed by atoms with Crippen molar-refractivity contribution in [3.8, 4) is 0 Å². The van der Waals surface area contributed by atoms with E-state index in [1.807, 2.05) is 28.2 Å². The predicted molar refractivity (Wildman–Crippen MR) is 103 cm³/mol. The van der Waals surface area contributed by atoms with Gasteiger partial charge < -0.3 is 9.80 Å². The molecule has 1 aromatic heterocycles. The number of anilines is 1. The largest absolute Gasteiger partial charge is 0.378 e. The first-order valence-electron chi connectivity index (χ1n) is 8.12. The fraction of sp³-hybridized carbons (Fsp3) is 0.421. The van der Waals surface area contributed by atoms with Gasteiger partial charge >= 0.3 is 0 Å². The van der Waals surface area contributed by atoms with Crippen LogP contribution < -0.4 is 4.90 Å². The Morgan fingerprint density at radius 1 is 1.08 bits per heavy atom. The van der Waals surface area contributed by atoms with Crippen molar-refractivity contribution in [2.75, 3.05) is 39.6 Å². The van der Waals surface area contributed by atoms with E-state index in [0.29, 0.717) is 13.1 Å². The summed E-state index contributed by atoms with van der Waals surface area (Å²) in [7, 11) is 7.92. The minimum atomic E-state index is 0.137. The summed E-state index contributed by atoms with van der Waals surface area (Å²) >= 11 is 1.73. The van der Waals surface area contributed by atoms with Crippen molar-refractivity contribution in [3.63, 3.8) is 0 Å². The highest BCUT2D eigenvalue weighted by atomic mass is 32.1. The van der Waals surface area contributed by atoms with Crippen LogP contribution in [0.4, 0.5) is 5.69 Å². The van der Waals surface area contributed by atoms with Gasteiger partial charge in [-0.2, -0.15) is 0 Å². The maximum absolute atomic E-state index is 12.5. The molecule has 0 spiro atoms. The van der Waals surface area contributed by atoms with Gasteiger partial charge in [-0.1, -0.05) is 18.2 Å². The van der Waals surface area contributed by atoms with Crippen molar-refractivity contribution >= 4 is 22.9 Å². The number of likely N-dealkylation sites (N-methyl/N-ethyl adjacent to an activating group) is 2.